The molecule has 1 atom stereocenters. The Balaban J connectivity index is 1.49. The van der Waals surface area contributed by atoms with Crippen molar-refractivity contribution >= 4 is 17.3 Å². The Morgan fingerprint density at radius 1 is 0.885 bits per heavy atom. The van der Waals surface area contributed by atoms with Gasteiger partial charge in [0.05, 0.1) is 0 Å². The fourth-order valence-corrected chi connectivity index (χ4v) is 4.11. The van der Waals surface area contributed by atoms with Gasteiger partial charge in [0.15, 0.2) is 11.6 Å². The molecule has 0 aliphatic heterocycles. The van der Waals surface area contributed by atoms with E-state index < -0.39 is 5.92 Å². The highest BCUT2D eigenvalue weighted by molar-refractivity contribution is 6.30. The van der Waals surface area contributed by atoms with E-state index in [-0.39, 0.29) is 11.6 Å². The maximum Gasteiger partial charge on any atom is 0.178 e. The van der Waals surface area contributed by atoms with E-state index in [0.29, 0.717) is 23.1 Å². The normalized spacial score (nSPS) is 25.2. The van der Waals surface area contributed by atoms with Crippen molar-refractivity contribution in [3.05, 3.63) is 65.2 Å². The van der Waals surface area contributed by atoms with Crippen molar-refractivity contribution in [3.63, 3.8) is 0 Å². The number of nitrogens with two attached hydrogens (primary N) is 1. The van der Waals surface area contributed by atoms with Gasteiger partial charge in [0.1, 0.15) is 5.92 Å². The van der Waals surface area contributed by atoms with E-state index in [1.54, 1.807) is 6.07 Å². The van der Waals surface area contributed by atoms with Crippen molar-refractivity contribution in [2.24, 2.45) is 11.7 Å². The molecule has 26 heavy (non-hydrogen) atoms. The first-order valence-electron chi connectivity index (χ1n) is 9.40. The molecule has 0 bridgehead atoms. The zero-order valence-electron chi connectivity index (χ0n) is 14.8. The van der Waals surface area contributed by atoms with Crippen molar-refractivity contribution in [3.8, 4) is 0 Å². The zero-order chi connectivity index (χ0) is 18.1. The van der Waals surface area contributed by atoms with Gasteiger partial charge in [0.25, 0.3) is 0 Å². The van der Waals surface area contributed by atoms with Crippen molar-refractivity contribution in [1.82, 2.24) is 0 Å². The molecule has 4 nitrogen and oxygen atoms in total. The van der Waals surface area contributed by atoms with Crippen LogP contribution in [0.2, 0.25) is 0 Å². The van der Waals surface area contributed by atoms with Gasteiger partial charge in [-0.15, -0.1) is 0 Å². The predicted molar refractivity (Wildman–Crippen MR) is 103 cm³/mol. The minimum absolute atomic E-state index is 0.0935. The van der Waals surface area contributed by atoms with Crippen LogP contribution in [0.3, 0.4) is 0 Å². The third-order valence-corrected chi connectivity index (χ3v) is 5.69. The predicted octanol–water partition coefficient (Wildman–Crippen LogP) is 3.78. The summed E-state index contributed by atoms with van der Waals surface area (Å²) in [5.74, 6) is -0.258. The number of carbonyl (C=O) groups excluding carboxylic acids is 2. The van der Waals surface area contributed by atoms with E-state index >= 15 is 0 Å². The van der Waals surface area contributed by atoms with Crippen LogP contribution in [-0.4, -0.2) is 24.2 Å². The molecular formula is C22H24N2O2. The Labute approximate surface area is 153 Å². The first-order valence-corrected chi connectivity index (χ1v) is 9.40. The summed E-state index contributed by atoms with van der Waals surface area (Å²) in [5, 5.41) is 3.44. The van der Waals surface area contributed by atoms with E-state index in [1.165, 1.54) is 0 Å². The second kappa shape index (κ2) is 7.04. The zero-order valence-corrected chi connectivity index (χ0v) is 14.8. The number of rotatable bonds is 4. The Morgan fingerprint density at radius 3 is 2.31 bits per heavy atom. The number of nitrogens with one attached hydrogen (secondary N) is 1. The number of hydrogen-bond acceptors (Lipinski definition) is 4. The minimum atomic E-state index is -0.693. The molecule has 1 unspecified atom stereocenters. The summed E-state index contributed by atoms with van der Waals surface area (Å²) in [6.45, 7) is 0.885. The highest BCUT2D eigenvalue weighted by Crippen LogP contribution is 2.35. The molecule has 1 saturated carbocycles. The van der Waals surface area contributed by atoms with Crippen LogP contribution in [0, 0.1) is 5.92 Å². The quantitative estimate of drug-likeness (QED) is 0.825. The van der Waals surface area contributed by atoms with Gasteiger partial charge in [-0.1, -0.05) is 30.3 Å². The summed E-state index contributed by atoms with van der Waals surface area (Å²) in [5.41, 5.74) is 8.73. The van der Waals surface area contributed by atoms with E-state index in [0.717, 1.165) is 43.5 Å². The van der Waals surface area contributed by atoms with Crippen molar-refractivity contribution in [1.29, 1.82) is 0 Å². The van der Waals surface area contributed by atoms with Crippen LogP contribution in [0.25, 0.3) is 0 Å². The van der Waals surface area contributed by atoms with Crippen LogP contribution in [-0.2, 0) is 0 Å². The summed E-state index contributed by atoms with van der Waals surface area (Å²) in [6.07, 6.45) is 4.46. The lowest BCUT2D eigenvalue weighted by atomic mass is 9.86. The van der Waals surface area contributed by atoms with Gasteiger partial charge < -0.3 is 11.1 Å². The fourth-order valence-electron chi connectivity index (χ4n) is 4.11. The monoisotopic (exact) mass is 348 g/mol. The molecule has 0 amide bonds. The van der Waals surface area contributed by atoms with Gasteiger partial charge in [-0.2, -0.15) is 0 Å². The van der Waals surface area contributed by atoms with Gasteiger partial charge in [-0.25, -0.2) is 0 Å². The highest BCUT2D eigenvalue weighted by atomic mass is 16.2. The summed E-state index contributed by atoms with van der Waals surface area (Å²) in [4.78, 5) is 25.5. The molecule has 4 rings (SSSR count). The first-order chi connectivity index (χ1) is 12.6. The highest BCUT2D eigenvalue weighted by Gasteiger charge is 2.39. The van der Waals surface area contributed by atoms with E-state index in [4.69, 9.17) is 5.73 Å². The van der Waals surface area contributed by atoms with Crippen molar-refractivity contribution in [2.45, 2.75) is 37.6 Å². The Bertz CT molecular complexity index is 823. The minimum Gasteiger partial charge on any atom is -0.385 e. The lowest BCUT2D eigenvalue weighted by Crippen LogP contribution is -2.29. The number of hydrogen-bond donors (Lipinski definition) is 2. The van der Waals surface area contributed by atoms with Crippen LogP contribution in [0.4, 0.5) is 5.69 Å². The molecular weight excluding hydrogens is 324 g/mol. The van der Waals surface area contributed by atoms with E-state index in [1.807, 2.05) is 42.5 Å². The van der Waals surface area contributed by atoms with Gasteiger partial charge in [0.2, 0.25) is 0 Å². The first kappa shape index (κ1) is 17.0. The average molecular weight is 348 g/mol. The second-order valence-corrected chi connectivity index (χ2v) is 7.49. The smallest absolute Gasteiger partial charge is 0.178 e. The molecule has 0 heterocycles. The Morgan fingerprint density at radius 2 is 1.58 bits per heavy atom. The summed E-state index contributed by atoms with van der Waals surface area (Å²) in [7, 11) is 0. The summed E-state index contributed by atoms with van der Waals surface area (Å²) in [6, 6.07) is 15.2. The molecule has 4 heteroatoms. The molecule has 0 radical (unpaired) electrons. The molecule has 1 fully saturated rings. The van der Waals surface area contributed by atoms with Crippen LogP contribution in [0.15, 0.2) is 48.5 Å². The van der Waals surface area contributed by atoms with Gasteiger partial charge in [-0.3, -0.25) is 9.59 Å². The maximum absolute atomic E-state index is 12.8. The topological polar surface area (TPSA) is 72.2 Å². The molecule has 134 valence electrons. The Hall–Kier alpha value is -2.46. The molecule has 2 aromatic rings. The number of carbonyl (C=O) groups is 2. The van der Waals surface area contributed by atoms with Crippen molar-refractivity contribution in [2.75, 3.05) is 11.9 Å². The number of fused-ring (bicyclic) bond motifs is 1. The fraction of sp³-hybridized carbons (Fsp3) is 0.364. The molecule has 0 aromatic heterocycles. The molecule has 2 aliphatic carbocycles. The third kappa shape index (κ3) is 3.17. The van der Waals surface area contributed by atoms with Gasteiger partial charge in [-0.05, 0) is 55.4 Å². The number of Topliss-reactive ketones (excluding diaryl/α,β-unsaturated/α-hetero) is 2. The standard InChI is InChI=1S/C22H24N2O2/c23-16-8-6-14(7-9-16)13-24-17-10-11-18-19(12-17)22(26)20(21(18)25)15-4-2-1-3-5-15/h1-5,10-12,14,16,20,24H,6-9,13,23H2/t14-,16-,20?. The lowest BCUT2D eigenvalue weighted by Gasteiger charge is -2.26. The molecule has 2 aromatic carbocycles. The van der Waals surface area contributed by atoms with Crippen LogP contribution >= 0.6 is 0 Å². The van der Waals surface area contributed by atoms with Gasteiger partial charge >= 0.3 is 0 Å². The number of benzene rings is 2. The average Bonchev–Trinajstić information content (AvgIpc) is 2.92. The molecule has 0 saturated heterocycles. The summed E-state index contributed by atoms with van der Waals surface area (Å²) < 4.78 is 0. The second-order valence-electron chi connectivity index (χ2n) is 7.49. The lowest BCUT2D eigenvalue weighted by molar-refractivity contribution is 0.0890. The Kier molecular flexibility index (Phi) is 4.60. The van der Waals surface area contributed by atoms with Crippen LogP contribution < -0.4 is 11.1 Å². The third-order valence-electron chi connectivity index (χ3n) is 5.69. The maximum atomic E-state index is 12.8. The molecule has 3 N–H and O–H groups in total. The molecule has 2 aliphatic rings. The van der Waals surface area contributed by atoms with Crippen LogP contribution in [0.1, 0.15) is 57.9 Å². The van der Waals surface area contributed by atoms with Gasteiger partial charge in [0, 0.05) is 29.4 Å². The summed E-state index contributed by atoms with van der Waals surface area (Å²) >= 11 is 0. The van der Waals surface area contributed by atoms with E-state index in [2.05, 4.69) is 5.32 Å². The number of anilines is 1. The molecule has 0 spiro atoms. The van der Waals surface area contributed by atoms with Crippen molar-refractivity contribution < 1.29 is 9.59 Å². The number of ketones is 2. The largest absolute Gasteiger partial charge is 0.385 e. The SMILES string of the molecule is N[C@H]1CC[C@H](CNc2ccc3c(c2)C(=O)C(c2ccccc2)C3=O)CC1. The van der Waals surface area contributed by atoms with Crippen LogP contribution in [0.5, 0.6) is 0 Å². The van der Waals surface area contributed by atoms with E-state index in [9.17, 15) is 9.59 Å².